The molecular weight excluding hydrogens is 345 g/mol. The van der Waals surface area contributed by atoms with Crippen LogP contribution in [0.5, 0.6) is 5.75 Å². The number of amides is 1. The van der Waals surface area contributed by atoms with Gasteiger partial charge in [-0.3, -0.25) is 9.69 Å². The molecule has 1 N–H and O–H groups in total. The SMILES string of the molecule is COc1ccc(CN(C)CC(=O)Nc2ccc(C#N)c(Cl)c2)cc1F. The number of nitriles is 1. The van der Waals surface area contributed by atoms with Crippen molar-refractivity contribution in [3.63, 3.8) is 0 Å². The molecule has 0 radical (unpaired) electrons. The van der Waals surface area contributed by atoms with Crippen LogP contribution in [0, 0.1) is 17.1 Å². The summed E-state index contributed by atoms with van der Waals surface area (Å²) in [6.45, 7) is 0.522. The molecule has 0 atom stereocenters. The molecular formula is C18H17ClFN3O2. The summed E-state index contributed by atoms with van der Waals surface area (Å²) in [5.74, 6) is -0.496. The van der Waals surface area contributed by atoms with Gasteiger partial charge in [-0.2, -0.15) is 5.26 Å². The Kier molecular flexibility index (Phi) is 6.34. The third kappa shape index (κ3) is 5.18. The zero-order valence-electron chi connectivity index (χ0n) is 13.8. The van der Waals surface area contributed by atoms with Gasteiger partial charge in [-0.15, -0.1) is 0 Å². The molecule has 130 valence electrons. The first-order valence-electron chi connectivity index (χ1n) is 7.43. The number of nitrogens with zero attached hydrogens (tertiary/aromatic N) is 2. The molecule has 0 spiro atoms. The molecule has 0 aromatic heterocycles. The molecule has 5 nitrogen and oxygen atoms in total. The van der Waals surface area contributed by atoms with Crippen molar-refractivity contribution in [3.05, 3.63) is 58.4 Å². The number of hydrogen-bond acceptors (Lipinski definition) is 4. The zero-order chi connectivity index (χ0) is 18.4. The van der Waals surface area contributed by atoms with Gasteiger partial charge in [0.15, 0.2) is 11.6 Å². The Bertz CT molecular complexity index is 820. The molecule has 7 heteroatoms. The molecule has 25 heavy (non-hydrogen) atoms. The van der Waals surface area contributed by atoms with Gasteiger partial charge in [-0.05, 0) is 42.9 Å². The Morgan fingerprint density at radius 2 is 2.12 bits per heavy atom. The van der Waals surface area contributed by atoms with Crippen LogP contribution in [0.1, 0.15) is 11.1 Å². The summed E-state index contributed by atoms with van der Waals surface area (Å²) in [5, 5.41) is 11.8. The summed E-state index contributed by atoms with van der Waals surface area (Å²) in [5.41, 5.74) is 1.59. The standard InChI is InChI=1S/C18H17ClFN3O2/c1-23(10-12-3-6-17(25-2)16(20)7-12)11-18(24)22-14-5-4-13(9-21)15(19)8-14/h3-8H,10-11H2,1-2H3,(H,22,24). The number of methoxy groups -OCH3 is 1. The third-order valence-corrected chi connectivity index (χ3v) is 3.77. The van der Waals surface area contributed by atoms with Gasteiger partial charge >= 0.3 is 0 Å². The normalized spacial score (nSPS) is 10.4. The van der Waals surface area contributed by atoms with E-state index < -0.39 is 5.82 Å². The molecule has 0 fully saturated rings. The number of anilines is 1. The molecule has 2 rings (SSSR count). The number of rotatable bonds is 6. The Morgan fingerprint density at radius 3 is 2.72 bits per heavy atom. The van der Waals surface area contributed by atoms with Gasteiger partial charge in [0.25, 0.3) is 0 Å². The fourth-order valence-electron chi connectivity index (χ4n) is 2.31. The first-order chi connectivity index (χ1) is 11.9. The van der Waals surface area contributed by atoms with Crippen molar-refractivity contribution in [1.82, 2.24) is 4.90 Å². The van der Waals surface area contributed by atoms with E-state index >= 15 is 0 Å². The summed E-state index contributed by atoms with van der Waals surface area (Å²) in [4.78, 5) is 13.8. The van der Waals surface area contributed by atoms with Crippen LogP contribution < -0.4 is 10.1 Å². The van der Waals surface area contributed by atoms with Crippen LogP contribution in [0.4, 0.5) is 10.1 Å². The Balaban J connectivity index is 1.93. The second kappa shape index (κ2) is 8.47. The van der Waals surface area contributed by atoms with E-state index in [4.69, 9.17) is 21.6 Å². The molecule has 0 heterocycles. The third-order valence-electron chi connectivity index (χ3n) is 3.46. The maximum atomic E-state index is 13.7. The lowest BCUT2D eigenvalue weighted by Gasteiger charge is -2.17. The number of benzene rings is 2. The van der Waals surface area contributed by atoms with Gasteiger partial charge in [-0.1, -0.05) is 17.7 Å². The molecule has 0 unspecified atom stereocenters. The van der Waals surface area contributed by atoms with Crippen molar-refractivity contribution in [2.24, 2.45) is 0 Å². The van der Waals surface area contributed by atoms with Crippen LogP contribution in [-0.4, -0.2) is 31.5 Å². The highest BCUT2D eigenvalue weighted by Gasteiger charge is 2.10. The van der Waals surface area contributed by atoms with E-state index in [1.165, 1.54) is 19.2 Å². The number of nitrogens with one attached hydrogen (secondary N) is 1. The molecule has 1 amide bonds. The van der Waals surface area contributed by atoms with Gasteiger partial charge in [0.1, 0.15) is 6.07 Å². The van der Waals surface area contributed by atoms with Gasteiger partial charge in [0.05, 0.1) is 24.2 Å². The quantitative estimate of drug-likeness (QED) is 0.856. The summed E-state index contributed by atoms with van der Waals surface area (Å²) in [6, 6.07) is 11.3. The van der Waals surface area contributed by atoms with E-state index in [2.05, 4.69) is 5.32 Å². The maximum absolute atomic E-state index is 13.7. The van der Waals surface area contributed by atoms with Gasteiger partial charge in [0, 0.05) is 12.2 Å². The maximum Gasteiger partial charge on any atom is 0.238 e. The van der Waals surface area contributed by atoms with Crippen molar-refractivity contribution in [2.45, 2.75) is 6.54 Å². The molecule has 2 aromatic rings. The summed E-state index contributed by atoms with van der Waals surface area (Å²) >= 11 is 5.94. The van der Waals surface area contributed by atoms with Crippen LogP contribution in [0.25, 0.3) is 0 Å². The smallest absolute Gasteiger partial charge is 0.238 e. The van der Waals surface area contributed by atoms with E-state index in [-0.39, 0.29) is 23.2 Å². The van der Waals surface area contributed by atoms with Gasteiger partial charge < -0.3 is 10.1 Å². The number of carbonyl (C=O) groups excluding carboxylic acids is 1. The molecule has 0 saturated carbocycles. The summed E-state index contributed by atoms with van der Waals surface area (Å²) in [6.07, 6.45) is 0. The van der Waals surface area contributed by atoms with E-state index in [1.807, 2.05) is 6.07 Å². The Morgan fingerprint density at radius 1 is 1.36 bits per heavy atom. The lowest BCUT2D eigenvalue weighted by Crippen LogP contribution is -2.29. The van der Waals surface area contributed by atoms with E-state index in [0.29, 0.717) is 17.8 Å². The molecule has 2 aromatic carbocycles. The molecule has 0 saturated heterocycles. The predicted octanol–water partition coefficient (Wildman–Crippen LogP) is 3.43. The highest BCUT2D eigenvalue weighted by Crippen LogP contribution is 2.20. The minimum Gasteiger partial charge on any atom is -0.494 e. The van der Waals surface area contributed by atoms with Crippen LogP contribution in [0.15, 0.2) is 36.4 Å². The monoisotopic (exact) mass is 361 g/mol. The number of carbonyl (C=O) groups is 1. The fraction of sp³-hybridized carbons (Fsp3) is 0.222. The van der Waals surface area contributed by atoms with Crippen LogP contribution >= 0.6 is 11.6 Å². The zero-order valence-corrected chi connectivity index (χ0v) is 14.6. The minimum absolute atomic E-state index is 0.116. The molecule has 0 aliphatic carbocycles. The number of ether oxygens (including phenoxy) is 1. The lowest BCUT2D eigenvalue weighted by atomic mass is 10.2. The van der Waals surface area contributed by atoms with Crippen molar-refractivity contribution >= 4 is 23.2 Å². The van der Waals surface area contributed by atoms with Crippen molar-refractivity contribution in [1.29, 1.82) is 5.26 Å². The fourth-order valence-corrected chi connectivity index (χ4v) is 2.53. The van der Waals surface area contributed by atoms with Crippen LogP contribution in [0.3, 0.4) is 0 Å². The highest BCUT2D eigenvalue weighted by atomic mass is 35.5. The molecule has 0 bridgehead atoms. The van der Waals surface area contributed by atoms with Crippen molar-refractivity contribution in [3.8, 4) is 11.8 Å². The number of hydrogen-bond donors (Lipinski definition) is 1. The largest absolute Gasteiger partial charge is 0.494 e. The van der Waals surface area contributed by atoms with Gasteiger partial charge in [-0.25, -0.2) is 4.39 Å². The average Bonchev–Trinajstić information content (AvgIpc) is 2.55. The second-order valence-corrected chi connectivity index (χ2v) is 5.90. The van der Waals surface area contributed by atoms with Gasteiger partial charge in [0.2, 0.25) is 5.91 Å². The minimum atomic E-state index is -0.440. The first-order valence-corrected chi connectivity index (χ1v) is 7.81. The highest BCUT2D eigenvalue weighted by molar-refractivity contribution is 6.32. The van der Waals surface area contributed by atoms with Crippen LogP contribution in [0.2, 0.25) is 5.02 Å². The lowest BCUT2D eigenvalue weighted by molar-refractivity contribution is -0.117. The van der Waals surface area contributed by atoms with Crippen molar-refractivity contribution < 1.29 is 13.9 Å². The van der Waals surface area contributed by atoms with Crippen molar-refractivity contribution in [2.75, 3.05) is 26.0 Å². The van der Waals surface area contributed by atoms with E-state index in [1.54, 1.807) is 36.2 Å². The number of likely N-dealkylation sites (N-methyl/N-ethyl adjacent to an activating group) is 1. The van der Waals surface area contributed by atoms with Crippen LogP contribution in [-0.2, 0) is 11.3 Å². The first kappa shape index (κ1) is 18.7. The number of halogens is 2. The Labute approximate surface area is 150 Å². The average molecular weight is 362 g/mol. The topological polar surface area (TPSA) is 65.4 Å². The Hall–Kier alpha value is -2.62. The predicted molar refractivity (Wildman–Crippen MR) is 94.1 cm³/mol. The molecule has 0 aliphatic rings. The summed E-state index contributed by atoms with van der Waals surface area (Å²) < 4.78 is 18.6. The molecule has 0 aliphatic heterocycles. The second-order valence-electron chi connectivity index (χ2n) is 5.50. The summed E-state index contributed by atoms with van der Waals surface area (Å²) in [7, 11) is 3.16. The van der Waals surface area contributed by atoms with E-state index in [9.17, 15) is 9.18 Å². The van der Waals surface area contributed by atoms with E-state index in [0.717, 1.165) is 5.56 Å².